The number of thioether (sulfide) groups is 1. The van der Waals surface area contributed by atoms with E-state index in [9.17, 15) is 14.3 Å². The Labute approximate surface area is 112 Å². The summed E-state index contributed by atoms with van der Waals surface area (Å²) in [5.41, 5.74) is 0.560. The molecular weight excluding hydrogens is 251 g/mol. The summed E-state index contributed by atoms with van der Waals surface area (Å²) in [5.74, 6) is 0.562. The lowest BCUT2D eigenvalue weighted by atomic mass is 10.1. The molecule has 0 saturated carbocycles. The standard InChI is InChI=1S/C14H19FO2S/c1-10(16)11(2)18-9-3-4-14(17)12-5-7-13(15)8-6-12/h5-8,10-11,16H,3-4,9H2,1-2H3. The van der Waals surface area contributed by atoms with Crippen LogP contribution in [0, 0.1) is 5.82 Å². The number of benzene rings is 1. The zero-order valence-corrected chi connectivity index (χ0v) is 11.5. The normalized spacial score (nSPS) is 14.2. The number of carbonyl (C=O) groups excluding carboxylic acids is 1. The van der Waals surface area contributed by atoms with E-state index in [1.807, 2.05) is 6.92 Å². The highest BCUT2D eigenvalue weighted by Crippen LogP contribution is 2.17. The average Bonchev–Trinajstić information content (AvgIpc) is 2.34. The fraction of sp³-hybridized carbons (Fsp3) is 0.500. The van der Waals surface area contributed by atoms with E-state index in [1.54, 1.807) is 18.7 Å². The van der Waals surface area contributed by atoms with Crippen LogP contribution in [0.5, 0.6) is 0 Å². The van der Waals surface area contributed by atoms with Crippen LogP contribution in [-0.4, -0.2) is 28.0 Å². The molecule has 1 N–H and O–H groups in total. The van der Waals surface area contributed by atoms with Crippen LogP contribution in [0.25, 0.3) is 0 Å². The van der Waals surface area contributed by atoms with Gasteiger partial charge in [-0.15, -0.1) is 0 Å². The third-order valence-corrected chi connectivity index (χ3v) is 4.22. The van der Waals surface area contributed by atoms with Crippen LogP contribution < -0.4 is 0 Å². The molecule has 18 heavy (non-hydrogen) atoms. The molecule has 0 bridgehead atoms. The molecule has 0 saturated heterocycles. The Bertz CT molecular complexity index is 376. The van der Waals surface area contributed by atoms with Crippen LogP contribution in [0.15, 0.2) is 24.3 Å². The zero-order valence-electron chi connectivity index (χ0n) is 10.7. The van der Waals surface area contributed by atoms with Gasteiger partial charge in [-0.1, -0.05) is 6.92 Å². The summed E-state index contributed by atoms with van der Waals surface area (Å²) in [5, 5.41) is 9.50. The number of aliphatic hydroxyl groups excluding tert-OH is 1. The maximum absolute atomic E-state index is 12.7. The second-order valence-corrected chi connectivity index (χ2v) is 5.84. The predicted molar refractivity (Wildman–Crippen MR) is 73.6 cm³/mol. The predicted octanol–water partition coefficient (Wildman–Crippen LogP) is 3.29. The van der Waals surface area contributed by atoms with Crippen molar-refractivity contribution in [2.45, 2.75) is 38.0 Å². The van der Waals surface area contributed by atoms with Crippen LogP contribution in [0.3, 0.4) is 0 Å². The molecule has 0 aliphatic heterocycles. The number of halogens is 1. The maximum atomic E-state index is 12.7. The smallest absolute Gasteiger partial charge is 0.162 e. The van der Waals surface area contributed by atoms with Gasteiger partial charge in [-0.3, -0.25) is 4.79 Å². The minimum atomic E-state index is -0.331. The Morgan fingerprint density at radius 3 is 2.50 bits per heavy atom. The van der Waals surface area contributed by atoms with Crippen LogP contribution >= 0.6 is 11.8 Å². The quantitative estimate of drug-likeness (QED) is 0.610. The Morgan fingerprint density at radius 2 is 1.94 bits per heavy atom. The summed E-state index contributed by atoms with van der Waals surface area (Å²) >= 11 is 1.66. The van der Waals surface area contributed by atoms with E-state index in [1.165, 1.54) is 24.3 Å². The molecule has 1 rings (SSSR count). The fourth-order valence-corrected chi connectivity index (χ4v) is 2.38. The molecule has 2 unspecified atom stereocenters. The van der Waals surface area contributed by atoms with Crippen molar-refractivity contribution in [1.29, 1.82) is 0 Å². The summed E-state index contributed by atoms with van der Waals surface area (Å²) in [6.45, 7) is 3.73. The van der Waals surface area contributed by atoms with E-state index < -0.39 is 0 Å². The molecule has 0 aromatic heterocycles. The Kier molecular flexibility index (Phi) is 6.36. The third kappa shape index (κ3) is 5.19. The molecule has 1 aromatic rings. The first-order valence-electron chi connectivity index (χ1n) is 6.09. The van der Waals surface area contributed by atoms with Gasteiger partial charge in [0.2, 0.25) is 0 Å². The summed E-state index contributed by atoms with van der Waals surface area (Å²) in [6.07, 6.45) is 0.908. The van der Waals surface area contributed by atoms with Gasteiger partial charge in [-0.05, 0) is 43.4 Å². The van der Waals surface area contributed by atoms with Gasteiger partial charge in [-0.2, -0.15) is 11.8 Å². The number of hydrogen-bond donors (Lipinski definition) is 1. The maximum Gasteiger partial charge on any atom is 0.162 e. The zero-order chi connectivity index (χ0) is 13.5. The second-order valence-electron chi connectivity index (χ2n) is 4.35. The summed E-state index contributed by atoms with van der Waals surface area (Å²) in [4.78, 5) is 11.8. The number of Topliss-reactive ketones (excluding diaryl/α,β-unsaturated/α-hetero) is 1. The van der Waals surface area contributed by atoms with Gasteiger partial charge >= 0.3 is 0 Å². The monoisotopic (exact) mass is 270 g/mol. The number of hydrogen-bond acceptors (Lipinski definition) is 3. The van der Waals surface area contributed by atoms with E-state index in [-0.39, 0.29) is 23.0 Å². The molecule has 0 amide bonds. The van der Waals surface area contributed by atoms with E-state index >= 15 is 0 Å². The van der Waals surface area contributed by atoms with Crippen molar-refractivity contribution in [1.82, 2.24) is 0 Å². The van der Waals surface area contributed by atoms with Crippen LogP contribution in [0.4, 0.5) is 4.39 Å². The van der Waals surface area contributed by atoms with Gasteiger partial charge in [0, 0.05) is 17.2 Å². The van der Waals surface area contributed by atoms with E-state index in [0.29, 0.717) is 12.0 Å². The molecule has 1 aromatic carbocycles. The molecule has 0 spiro atoms. The average molecular weight is 270 g/mol. The van der Waals surface area contributed by atoms with Gasteiger partial charge in [0.25, 0.3) is 0 Å². The van der Waals surface area contributed by atoms with Crippen LogP contribution in [0.2, 0.25) is 0 Å². The van der Waals surface area contributed by atoms with E-state index in [4.69, 9.17) is 0 Å². The molecular formula is C14H19FO2S. The molecule has 0 fully saturated rings. The molecule has 2 nitrogen and oxygen atoms in total. The lowest BCUT2D eigenvalue weighted by Gasteiger charge is -2.13. The molecule has 4 heteroatoms. The lowest BCUT2D eigenvalue weighted by molar-refractivity contribution is 0.0982. The summed E-state index contributed by atoms with van der Waals surface area (Å²) < 4.78 is 12.7. The van der Waals surface area contributed by atoms with Gasteiger partial charge < -0.3 is 5.11 Å². The van der Waals surface area contributed by atoms with Crippen molar-refractivity contribution in [3.8, 4) is 0 Å². The first-order chi connectivity index (χ1) is 8.50. The lowest BCUT2D eigenvalue weighted by Crippen LogP contribution is -2.15. The van der Waals surface area contributed by atoms with Gasteiger partial charge in [0.05, 0.1) is 6.10 Å². The van der Waals surface area contributed by atoms with Crippen molar-refractivity contribution in [2.75, 3.05) is 5.75 Å². The van der Waals surface area contributed by atoms with E-state index in [0.717, 1.165) is 12.2 Å². The molecule has 0 aliphatic carbocycles. The Balaban J connectivity index is 2.27. The van der Waals surface area contributed by atoms with Crippen molar-refractivity contribution in [2.24, 2.45) is 0 Å². The van der Waals surface area contributed by atoms with Crippen molar-refractivity contribution in [3.05, 3.63) is 35.6 Å². The molecule has 0 heterocycles. The summed E-state index contributed by atoms with van der Waals surface area (Å²) in [7, 11) is 0. The highest BCUT2D eigenvalue weighted by molar-refractivity contribution is 7.99. The van der Waals surface area contributed by atoms with Crippen LogP contribution in [0.1, 0.15) is 37.0 Å². The van der Waals surface area contributed by atoms with Crippen molar-refractivity contribution < 1.29 is 14.3 Å². The fourth-order valence-electron chi connectivity index (χ4n) is 1.42. The molecule has 100 valence electrons. The highest BCUT2D eigenvalue weighted by atomic mass is 32.2. The Hall–Kier alpha value is -0.870. The number of ketones is 1. The topological polar surface area (TPSA) is 37.3 Å². The third-order valence-electron chi connectivity index (χ3n) is 2.77. The minimum Gasteiger partial charge on any atom is -0.392 e. The first-order valence-corrected chi connectivity index (χ1v) is 7.14. The first kappa shape index (κ1) is 15.2. The molecule has 0 aliphatic rings. The number of carbonyl (C=O) groups is 1. The highest BCUT2D eigenvalue weighted by Gasteiger charge is 2.10. The van der Waals surface area contributed by atoms with Crippen molar-refractivity contribution in [3.63, 3.8) is 0 Å². The molecule has 0 radical (unpaired) electrons. The van der Waals surface area contributed by atoms with Crippen molar-refractivity contribution >= 4 is 17.5 Å². The minimum absolute atomic E-state index is 0.0419. The second kappa shape index (κ2) is 7.54. The number of aliphatic hydroxyl groups is 1. The van der Waals surface area contributed by atoms with E-state index in [2.05, 4.69) is 0 Å². The Morgan fingerprint density at radius 1 is 1.33 bits per heavy atom. The SMILES string of the molecule is CC(O)C(C)SCCCC(=O)c1ccc(F)cc1. The number of rotatable bonds is 7. The van der Waals surface area contributed by atoms with Gasteiger partial charge in [-0.25, -0.2) is 4.39 Å². The molecule has 2 atom stereocenters. The largest absolute Gasteiger partial charge is 0.392 e. The summed E-state index contributed by atoms with van der Waals surface area (Å²) in [6, 6.07) is 5.64. The van der Waals surface area contributed by atoms with Gasteiger partial charge in [0.15, 0.2) is 5.78 Å². The van der Waals surface area contributed by atoms with Crippen LogP contribution in [-0.2, 0) is 0 Å². The van der Waals surface area contributed by atoms with Gasteiger partial charge in [0.1, 0.15) is 5.82 Å².